The number of hydrogen-bond acceptors (Lipinski definition) is 6. The maximum absolute atomic E-state index is 9.88. The first kappa shape index (κ1) is 17.2. The summed E-state index contributed by atoms with van der Waals surface area (Å²) in [6.45, 7) is 4.72. The number of aliphatic hydroxyl groups excluding tert-OH is 1. The molecule has 1 aromatic heterocycles. The highest BCUT2D eigenvalue weighted by Crippen LogP contribution is 2.42. The third-order valence-corrected chi connectivity index (χ3v) is 4.98. The molecule has 6 heteroatoms. The van der Waals surface area contributed by atoms with Gasteiger partial charge >= 0.3 is 0 Å². The van der Waals surface area contributed by atoms with Gasteiger partial charge < -0.3 is 15.7 Å². The number of nitriles is 1. The van der Waals surface area contributed by atoms with Crippen molar-refractivity contribution < 1.29 is 5.11 Å². The van der Waals surface area contributed by atoms with Gasteiger partial charge in [0.05, 0.1) is 12.3 Å². The first-order valence-corrected chi connectivity index (χ1v) is 8.50. The third kappa shape index (κ3) is 3.72. The van der Waals surface area contributed by atoms with E-state index in [1.54, 1.807) is 0 Å². The number of nitrogens with zero attached hydrogens (tertiary/aromatic N) is 3. The minimum absolute atomic E-state index is 0.0849. The van der Waals surface area contributed by atoms with Crippen LogP contribution in [0.2, 0.25) is 0 Å². The summed E-state index contributed by atoms with van der Waals surface area (Å²) < 4.78 is 0. The van der Waals surface area contributed by atoms with Crippen molar-refractivity contribution in [3.05, 3.63) is 47.7 Å². The van der Waals surface area contributed by atoms with Gasteiger partial charge in [0.25, 0.3) is 0 Å². The lowest BCUT2D eigenvalue weighted by molar-refractivity contribution is -0.0511. The van der Waals surface area contributed by atoms with Gasteiger partial charge in [-0.25, -0.2) is 4.98 Å². The number of nitrogens with one attached hydrogen (secondary N) is 2. The molecular weight excluding hydrogens is 314 g/mol. The first-order valence-electron chi connectivity index (χ1n) is 8.50. The topological polar surface area (TPSA) is 93.9 Å². The van der Waals surface area contributed by atoms with Gasteiger partial charge in [-0.05, 0) is 18.4 Å². The Bertz CT molecular complexity index is 769. The van der Waals surface area contributed by atoms with Gasteiger partial charge in [0.1, 0.15) is 17.5 Å². The highest BCUT2D eigenvalue weighted by Gasteiger charge is 2.47. The minimum Gasteiger partial charge on any atom is -0.392 e. The van der Waals surface area contributed by atoms with Gasteiger partial charge in [-0.3, -0.25) is 0 Å². The second-order valence-corrected chi connectivity index (χ2v) is 7.00. The van der Waals surface area contributed by atoms with E-state index in [-0.39, 0.29) is 17.6 Å². The molecule has 1 heterocycles. The van der Waals surface area contributed by atoms with Crippen LogP contribution in [0.15, 0.2) is 36.5 Å². The van der Waals surface area contributed by atoms with Crippen LogP contribution in [0, 0.1) is 16.7 Å². The fourth-order valence-electron chi connectivity index (χ4n) is 2.93. The number of rotatable bonds is 6. The Hall–Kier alpha value is -2.65. The Morgan fingerprint density at radius 3 is 2.72 bits per heavy atom. The molecule has 0 saturated heterocycles. The number of benzene rings is 1. The average molecular weight is 337 g/mol. The summed E-state index contributed by atoms with van der Waals surface area (Å²) in [5.41, 5.74) is 1.41. The molecule has 1 aliphatic carbocycles. The van der Waals surface area contributed by atoms with Gasteiger partial charge in [-0.2, -0.15) is 10.2 Å². The van der Waals surface area contributed by atoms with Gasteiger partial charge in [0.2, 0.25) is 5.95 Å². The summed E-state index contributed by atoms with van der Waals surface area (Å²) >= 11 is 0. The molecular formula is C19H23N5O. The monoisotopic (exact) mass is 337 g/mol. The standard InChI is InChI=1S/C19H23N5O/c1-19(2)15(10-16(19)25)23-17-14(11-20)12-22-18(24-17)21-9-8-13-6-4-3-5-7-13/h3-7,12,15-16,25H,8-10H2,1-2H3,(H2,21,22,23,24)/t15-,16+/m1/s1. The molecule has 0 aliphatic heterocycles. The van der Waals surface area contributed by atoms with Crippen molar-refractivity contribution in [3.8, 4) is 6.07 Å². The van der Waals surface area contributed by atoms with E-state index in [2.05, 4.69) is 38.8 Å². The van der Waals surface area contributed by atoms with Gasteiger partial charge in [-0.15, -0.1) is 0 Å². The van der Waals surface area contributed by atoms with Crippen molar-refractivity contribution in [1.82, 2.24) is 9.97 Å². The second kappa shape index (κ2) is 7.08. The molecule has 1 saturated carbocycles. The molecule has 0 radical (unpaired) electrons. The summed E-state index contributed by atoms with van der Waals surface area (Å²) in [6.07, 6.45) is 2.72. The molecule has 2 atom stereocenters. The van der Waals surface area contributed by atoms with E-state index in [1.807, 2.05) is 32.0 Å². The van der Waals surface area contributed by atoms with E-state index in [0.717, 1.165) is 6.42 Å². The van der Waals surface area contributed by atoms with Crippen molar-refractivity contribution in [3.63, 3.8) is 0 Å². The molecule has 0 unspecified atom stereocenters. The number of aliphatic hydroxyl groups is 1. The van der Waals surface area contributed by atoms with Crippen molar-refractivity contribution >= 4 is 11.8 Å². The van der Waals surface area contributed by atoms with Crippen LogP contribution < -0.4 is 10.6 Å². The summed E-state index contributed by atoms with van der Waals surface area (Å²) in [5.74, 6) is 1.01. The van der Waals surface area contributed by atoms with Crippen molar-refractivity contribution in [2.75, 3.05) is 17.2 Å². The van der Waals surface area contributed by atoms with Crippen LogP contribution in [-0.2, 0) is 6.42 Å². The van der Waals surface area contributed by atoms with Gasteiger partial charge in [-0.1, -0.05) is 44.2 Å². The molecule has 3 rings (SSSR count). The zero-order valence-electron chi connectivity index (χ0n) is 14.5. The molecule has 0 amide bonds. The summed E-state index contributed by atoms with van der Waals surface area (Å²) in [4.78, 5) is 8.66. The molecule has 25 heavy (non-hydrogen) atoms. The van der Waals surface area contributed by atoms with E-state index in [1.165, 1.54) is 11.8 Å². The number of hydrogen-bond donors (Lipinski definition) is 3. The lowest BCUT2D eigenvalue weighted by Gasteiger charge is -2.49. The maximum Gasteiger partial charge on any atom is 0.224 e. The summed E-state index contributed by atoms with van der Waals surface area (Å²) in [6, 6.07) is 12.4. The normalized spacial score (nSPS) is 21.0. The molecule has 0 bridgehead atoms. The lowest BCUT2D eigenvalue weighted by atomic mass is 9.64. The SMILES string of the molecule is CC1(C)[C@@H](O)C[C@H]1Nc1nc(NCCc2ccccc2)ncc1C#N. The zero-order valence-corrected chi connectivity index (χ0v) is 14.5. The highest BCUT2D eigenvalue weighted by atomic mass is 16.3. The molecule has 1 aliphatic rings. The van der Waals surface area contributed by atoms with E-state index in [4.69, 9.17) is 0 Å². The average Bonchev–Trinajstić information content (AvgIpc) is 2.62. The van der Waals surface area contributed by atoms with Crippen molar-refractivity contribution in [2.45, 2.75) is 38.8 Å². The molecule has 3 N–H and O–H groups in total. The Balaban J connectivity index is 1.65. The molecule has 0 spiro atoms. The molecule has 1 fully saturated rings. The van der Waals surface area contributed by atoms with Crippen LogP contribution >= 0.6 is 0 Å². The van der Waals surface area contributed by atoms with Gasteiger partial charge in [0.15, 0.2) is 0 Å². The second-order valence-electron chi connectivity index (χ2n) is 7.00. The lowest BCUT2D eigenvalue weighted by Crippen LogP contribution is -2.57. The van der Waals surface area contributed by atoms with Crippen LogP contribution in [0.3, 0.4) is 0 Å². The highest BCUT2D eigenvalue weighted by molar-refractivity contribution is 5.54. The van der Waals surface area contributed by atoms with Crippen LogP contribution in [0.1, 0.15) is 31.4 Å². The van der Waals surface area contributed by atoms with Crippen molar-refractivity contribution in [2.24, 2.45) is 5.41 Å². The Morgan fingerprint density at radius 2 is 2.08 bits per heavy atom. The minimum atomic E-state index is -0.333. The fraction of sp³-hybridized carbons (Fsp3) is 0.421. The summed E-state index contributed by atoms with van der Waals surface area (Å²) in [7, 11) is 0. The molecule has 130 valence electrons. The Labute approximate surface area is 147 Å². The molecule has 2 aromatic rings. The van der Waals surface area contributed by atoms with E-state index in [9.17, 15) is 10.4 Å². The predicted octanol–water partition coefficient (Wildman–Crippen LogP) is 2.57. The molecule has 1 aromatic carbocycles. The third-order valence-electron chi connectivity index (χ3n) is 4.98. The van der Waals surface area contributed by atoms with Crippen LogP contribution in [-0.4, -0.2) is 33.8 Å². The van der Waals surface area contributed by atoms with E-state index < -0.39 is 0 Å². The fourth-order valence-corrected chi connectivity index (χ4v) is 2.93. The number of aromatic nitrogens is 2. The number of anilines is 2. The quantitative estimate of drug-likeness (QED) is 0.750. The summed E-state index contributed by atoms with van der Waals surface area (Å²) in [5, 5.41) is 25.7. The van der Waals surface area contributed by atoms with Crippen LogP contribution in [0.5, 0.6) is 0 Å². The molecule has 6 nitrogen and oxygen atoms in total. The van der Waals surface area contributed by atoms with Crippen LogP contribution in [0.4, 0.5) is 11.8 Å². The van der Waals surface area contributed by atoms with Gasteiger partial charge in [0, 0.05) is 18.0 Å². The smallest absolute Gasteiger partial charge is 0.224 e. The Morgan fingerprint density at radius 1 is 1.32 bits per heavy atom. The van der Waals surface area contributed by atoms with E-state index >= 15 is 0 Å². The van der Waals surface area contributed by atoms with Crippen LogP contribution in [0.25, 0.3) is 0 Å². The maximum atomic E-state index is 9.88. The van der Waals surface area contributed by atoms with Crippen molar-refractivity contribution in [1.29, 1.82) is 5.26 Å². The first-order chi connectivity index (χ1) is 12.0. The predicted molar refractivity (Wildman–Crippen MR) is 97.2 cm³/mol. The largest absolute Gasteiger partial charge is 0.392 e. The Kier molecular flexibility index (Phi) is 4.86. The van der Waals surface area contributed by atoms with E-state index in [0.29, 0.717) is 30.3 Å². The zero-order chi connectivity index (χ0) is 17.9.